The van der Waals surface area contributed by atoms with Crippen LogP contribution in [0.2, 0.25) is 0 Å². The summed E-state index contributed by atoms with van der Waals surface area (Å²) in [7, 11) is 0. The average molecular weight is 126 g/mol. The fourth-order valence-corrected chi connectivity index (χ4v) is 0.291. The molecule has 0 fully saturated rings. The van der Waals surface area contributed by atoms with Crippen LogP contribution in [0.25, 0.3) is 0 Å². The molecule has 0 saturated heterocycles. The Morgan fingerprint density at radius 3 is 3.00 bits per heavy atom. The molecule has 46 valence electrons. The summed E-state index contributed by atoms with van der Waals surface area (Å²) in [5.74, 6) is 0.0417. The highest BCUT2D eigenvalue weighted by molar-refractivity contribution is 5.41. The average Bonchev–Trinajstić information content (AvgIpc) is 1.91. The van der Waals surface area contributed by atoms with E-state index in [-0.39, 0.29) is 12.4 Å². The summed E-state index contributed by atoms with van der Waals surface area (Å²) in [4.78, 5) is 9.64. The van der Waals surface area contributed by atoms with Crippen LogP contribution >= 0.6 is 0 Å². The van der Waals surface area contributed by atoms with Crippen molar-refractivity contribution in [1.82, 2.24) is 20.6 Å². The summed E-state index contributed by atoms with van der Waals surface area (Å²) in [6.45, 7) is 0.242. The van der Waals surface area contributed by atoms with E-state index in [9.17, 15) is 4.79 Å². The molecular weight excluding hydrogens is 124 g/mol. The van der Waals surface area contributed by atoms with Gasteiger partial charge in [-0.2, -0.15) is 0 Å². The first kappa shape index (κ1) is 5.54. The normalized spacial score (nSPS) is 8.44. The molecule has 0 N–H and O–H groups in total. The highest BCUT2D eigenvalue weighted by atomic mass is 16.5. The summed E-state index contributed by atoms with van der Waals surface area (Å²) in [5, 5.41) is 12.8. The minimum absolute atomic E-state index is 0.0417. The van der Waals surface area contributed by atoms with Crippen LogP contribution < -0.4 is 4.74 Å². The molecule has 1 aromatic heterocycles. The Morgan fingerprint density at radius 1 is 1.56 bits per heavy atom. The highest BCUT2D eigenvalue weighted by Crippen LogP contribution is 1.93. The molecule has 0 aliphatic heterocycles. The summed E-state index contributed by atoms with van der Waals surface area (Å²) in [6.07, 6.45) is 1.18. The van der Waals surface area contributed by atoms with Crippen LogP contribution in [0.15, 0.2) is 6.20 Å². The molecule has 1 rings (SSSR count). The summed E-state index contributed by atoms with van der Waals surface area (Å²) < 4.78 is 4.25. The van der Waals surface area contributed by atoms with E-state index < -0.39 is 0 Å². The lowest BCUT2D eigenvalue weighted by atomic mass is 10.8. The van der Waals surface area contributed by atoms with E-state index in [4.69, 9.17) is 0 Å². The van der Waals surface area contributed by atoms with Gasteiger partial charge in [-0.1, -0.05) is 5.10 Å². The molecule has 0 unspecified atom stereocenters. The fourth-order valence-electron chi connectivity index (χ4n) is 0.291. The fraction of sp³-hybridized carbons (Fsp3) is 0. The Bertz CT molecular complexity index is 188. The Morgan fingerprint density at radius 2 is 2.44 bits per heavy atom. The van der Waals surface area contributed by atoms with Gasteiger partial charge in [-0.3, -0.25) is 4.79 Å². The van der Waals surface area contributed by atoms with Gasteiger partial charge in [-0.05, 0) is 10.4 Å². The van der Waals surface area contributed by atoms with E-state index in [2.05, 4.69) is 25.4 Å². The second kappa shape index (κ2) is 2.65. The summed E-state index contributed by atoms with van der Waals surface area (Å²) in [6, 6.07) is 0. The minimum Gasteiger partial charge on any atom is -0.406 e. The maximum atomic E-state index is 9.64. The van der Waals surface area contributed by atoms with Gasteiger partial charge in [0.25, 0.3) is 12.4 Å². The number of nitrogens with zero attached hydrogens (tertiary/aromatic N) is 4. The van der Waals surface area contributed by atoms with Gasteiger partial charge in [-0.25, -0.2) is 0 Å². The van der Waals surface area contributed by atoms with Gasteiger partial charge in [0.05, 0.1) is 0 Å². The second-order valence-electron chi connectivity index (χ2n) is 1.08. The zero-order valence-electron chi connectivity index (χ0n) is 4.26. The van der Waals surface area contributed by atoms with Crippen LogP contribution in [0.1, 0.15) is 0 Å². The number of ether oxygens (including phenoxy) is 1. The Balaban J connectivity index is 2.72. The third kappa shape index (κ3) is 1.41. The SMILES string of the molecule is O=COc1cnnnn1. The predicted molar refractivity (Wildman–Crippen MR) is 24.3 cm³/mol. The summed E-state index contributed by atoms with van der Waals surface area (Å²) >= 11 is 0. The molecule has 6 nitrogen and oxygen atoms in total. The first-order valence-electron chi connectivity index (χ1n) is 2.05. The van der Waals surface area contributed by atoms with Crippen molar-refractivity contribution in [3.63, 3.8) is 0 Å². The van der Waals surface area contributed by atoms with Gasteiger partial charge in [0, 0.05) is 0 Å². The standard InChI is InChI=1S/C3H2N4O2/c8-2-9-3-1-4-6-7-5-3/h1-2H. The zero-order valence-corrected chi connectivity index (χ0v) is 4.26. The van der Waals surface area contributed by atoms with E-state index in [1.54, 1.807) is 0 Å². The molecule has 6 heteroatoms. The first-order valence-corrected chi connectivity index (χ1v) is 2.05. The van der Waals surface area contributed by atoms with E-state index in [0.717, 1.165) is 0 Å². The van der Waals surface area contributed by atoms with Crippen molar-refractivity contribution in [2.75, 3.05) is 0 Å². The van der Waals surface area contributed by atoms with Crippen molar-refractivity contribution in [3.05, 3.63) is 6.20 Å². The van der Waals surface area contributed by atoms with Crippen LogP contribution in [0, 0.1) is 0 Å². The van der Waals surface area contributed by atoms with Crippen molar-refractivity contribution in [2.45, 2.75) is 0 Å². The third-order valence-electron chi connectivity index (χ3n) is 0.572. The molecule has 1 aromatic rings. The van der Waals surface area contributed by atoms with Crippen LogP contribution in [0.5, 0.6) is 5.88 Å². The number of hydrogen-bond donors (Lipinski definition) is 0. The van der Waals surface area contributed by atoms with Crippen molar-refractivity contribution in [3.8, 4) is 5.88 Å². The molecule has 0 aliphatic carbocycles. The Kier molecular flexibility index (Phi) is 1.63. The topological polar surface area (TPSA) is 77.9 Å². The number of carbonyl (C=O) groups is 1. The molecule has 0 saturated carbocycles. The van der Waals surface area contributed by atoms with Crippen LogP contribution in [0.4, 0.5) is 0 Å². The van der Waals surface area contributed by atoms with Gasteiger partial charge < -0.3 is 4.74 Å². The first-order chi connectivity index (χ1) is 4.43. The molecule has 0 radical (unpaired) electrons. The molecule has 0 spiro atoms. The van der Waals surface area contributed by atoms with Crippen molar-refractivity contribution < 1.29 is 9.53 Å². The molecule has 0 amide bonds. The largest absolute Gasteiger partial charge is 0.406 e. The lowest BCUT2D eigenvalue weighted by Gasteiger charge is -1.87. The Hall–Kier alpha value is -1.59. The monoisotopic (exact) mass is 126 g/mol. The van der Waals surface area contributed by atoms with E-state index in [0.29, 0.717) is 0 Å². The molecule has 0 atom stereocenters. The highest BCUT2D eigenvalue weighted by Gasteiger charge is 1.90. The number of hydrogen-bond acceptors (Lipinski definition) is 6. The van der Waals surface area contributed by atoms with Gasteiger partial charge in [-0.15, -0.1) is 5.10 Å². The summed E-state index contributed by atoms with van der Waals surface area (Å²) in [5.41, 5.74) is 0. The van der Waals surface area contributed by atoms with Crippen molar-refractivity contribution in [2.24, 2.45) is 0 Å². The third-order valence-corrected chi connectivity index (χ3v) is 0.572. The zero-order chi connectivity index (χ0) is 6.53. The van der Waals surface area contributed by atoms with Crippen LogP contribution in [0.3, 0.4) is 0 Å². The molecule has 0 aromatic carbocycles. The van der Waals surface area contributed by atoms with E-state index >= 15 is 0 Å². The maximum Gasteiger partial charge on any atom is 0.299 e. The van der Waals surface area contributed by atoms with Gasteiger partial charge in [0.15, 0.2) is 0 Å². The lowest BCUT2D eigenvalue weighted by molar-refractivity contribution is -0.121. The molecule has 1 heterocycles. The lowest BCUT2D eigenvalue weighted by Crippen LogP contribution is -1.96. The van der Waals surface area contributed by atoms with Gasteiger partial charge >= 0.3 is 0 Å². The second-order valence-corrected chi connectivity index (χ2v) is 1.08. The molecule has 0 aliphatic rings. The van der Waals surface area contributed by atoms with Crippen molar-refractivity contribution in [1.29, 1.82) is 0 Å². The van der Waals surface area contributed by atoms with Crippen molar-refractivity contribution >= 4 is 6.47 Å². The van der Waals surface area contributed by atoms with Crippen LogP contribution in [-0.2, 0) is 4.79 Å². The smallest absolute Gasteiger partial charge is 0.299 e. The van der Waals surface area contributed by atoms with Gasteiger partial charge in [0.1, 0.15) is 6.20 Å². The number of rotatable bonds is 2. The van der Waals surface area contributed by atoms with E-state index in [1.165, 1.54) is 6.20 Å². The molecule has 0 bridgehead atoms. The molecule has 9 heavy (non-hydrogen) atoms. The van der Waals surface area contributed by atoms with E-state index in [1.807, 2.05) is 0 Å². The maximum absolute atomic E-state index is 9.64. The Labute approximate surface area is 49.9 Å². The number of carbonyl (C=O) groups excluding carboxylic acids is 1. The quantitative estimate of drug-likeness (QED) is 0.463. The minimum atomic E-state index is 0.0417. The van der Waals surface area contributed by atoms with Crippen LogP contribution in [-0.4, -0.2) is 27.1 Å². The van der Waals surface area contributed by atoms with Gasteiger partial charge in [0.2, 0.25) is 0 Å². The molecular formula is C3H2N4O2. The number of aromatic nitrogens is 4. The predicted octanol–water partition coefficient (Wildman–Crippen LogP) is -1.20.